The van der Waals surface area contributed by atoms with Gasteiger partial charge >= 0.3 is 0 Å². The van der Waals surface area contributed by atoms with Crippen molar-refractivity contribution in [2.75, 3.05) is 13.1 Å². The molecule has 6 rings (SSSR count). The van der Waals surface area contributed by atoms with Gasteiger partial charge in [0.1, 0.15) is 11.4 Å². The maximum Gasteiger partial charge on any atom is 0.274 e. The number of piperidine rings is 1. The molecular formula is C29H26N8O2. The number of nitrogens with zero attached hydrogens (tertiary/aromatic N) is 7. The number of amides is 2. The second-order valence-electron chi connectivity index (χ2n) is 9.41. The number of pyridine rings is 1. The summed E-state index contributed by atoms with van der Waals surface area (Å²) in [5.41, 5.74) is 4.61. The number of imidazole rings is 1. The van der Waals surface area contributed by atoms with Crippen LogP contribution < -0.4 is 5.32 Å². The Morgan fingerprint density at radius 1 is 0.897 bits per heavy atom. The quantitative estimate of drug-likeness (QED) is 0.365. The van der Waals surface area contributed by atoms with E-state index in [4.69, 9.17) is 4.98 Å². The molecule has 0 unspecified atom stereocenters. The minimum atomic E-state index is -0.283. The fourth-order valence-corrected chi connectivity index (χ4v) is 4.85. The lowest BCUT2D eigenvalue weighted by Gasteiger charge is -2.31. The molecule has 10 nitrogen and oxygen atoms in total. The lowest BCUT2D eigenvalue weighted by Crippen LogP contribution is -2.39. The number of carbonyl (C=O) groups excluding carboxylic acids is 2. The Hall–Kier alpha value is -4.99. The molecule has 1 aliphatic rings. The first-order valence-corrected chi connectivity index (χ1v) is 12.8. The molecule has 10 heteroatoms. The van der Waals surface area contributed by atoms with Crippen LogP contribution in [-0.4, -0.2) is 59.4 Å². The molecule has 5 heterocycles. The molecule has 1 fully saturated rings. The SMILES string of the molecule is O=C(NCc1cccnc1)c1cnc(C2CCN(C(=O)c3c(-c4ccccc4)nc4cccnn34)CC2)cn1. The lowest BCUT2D eigenvalue weighted by molar-refractivity contribution is 0.0704. The number of benzene rings is 1. The lowest BCUT2D eigenvalue weighted by atomic mass is 9.93. The number of aromatic nitrogens is 6. The number of carbonyl (C=O) groups is 2. The first-order valence-electron chi connectivity index (χ1n) is 12.8. The minimum absolute atomic E-state index is 0.0924. The van der Waals surface area contributed by atoms with E-state index < -0.39 is 0 Å². The van der Waals surface area contributed by atoms with E-state index in [1.807, 2.05) is 59.5 Å². The van der Waals surface area contributed by atoms with Crippen LogP contribution in [0.15, 0.2) is 85.6 Å². The predicted octanol–water partition coefficient (Wildman–Crippen LogP) is 3.53. The Morgan fingerprint density at radius 2 is 1.72 bits per heavy atom. The minimum Gasteiger partial charge on any atom is -0.347 e. The first-order chi connectivity index (χ1) is 19.2. The number of hydrogen-bond donors (Lipinski definition) is 1. The van der Waals surface area contributed by atoms with Crippen molar-refractivity contribution in [2.24, 2.45) is 0 Å². The molecule has 1 saturated heterocycles. The van der Waals surface area contributed by atoms with Gasteiger partial charge in [-0.15, -0.1) is 0 Å². The fraction of sp³-hybridized carbons (Fsp3) is 0.207. The Morgan fingerprint density at radius 3 is 2.46 bits per heavy atom. The van der Waals surface area contributed by atoms with Gasteiger partial charge < -0.3 is 10.2 Å². The van der Waals surface area contributed by atoms with Crippen molar-refractivity contribution in [3.63, 3.8) is 0 Å². The zero-order valence-electron chi connectivity index (χ0n) is 21.1. The molecule has 5 aromatic rings. The van der Waals surface area contributed by atoms with Crippen molar-refractivity contribution < 1.29 is 9.59 Å². The summed E-state index contributed by atoms with van der Waals surface area (Å²) in [7, 11) is 0. The highest BCUT2D eigenvalue weighted by Crippen LogP contribution is 2.30. The van der Waals surface area contributed by atoms with Gasteiger partial charge in [0, 0.05) is 55.9 Å². The molecule has 4 aromatic heterocycles. The van der Waals surface area contributed by atoms with Gasteiger partial charge in [-0.2, -0.15) is 5.10 Å². The maximum absolute atomic E-state index is 13.7. The molecule has 1 N–H and O–H groups in total. The van der Waals surface area contributed by atoms with Crippen LogP contribution >= 0.6 is 0 Å². The van der Waals surface area contributed by atoms with Gasteiger partial charge in [-0.05, 0) is 36.6 Å². The molecule has 0 atom stereocenters. The molecule has 0 aliphatic carbocycles. The summed E-state index contributed by atoms with van der Waals surface area (Å²) in [4.78, 5) is 45.7. The van der Waals surface area contributed by atoms with Crippen molar-refractivity contribution in [1.29, 1.82) is 0 Å². The molecule has 0 bridgehead atoms. The van der Waals surface area contributed by atoms with E-state index in [2.05, 4.69) is 25.4 Å². The summed E-state index contributed by atoms with van der Waals surface area (Å²) < 4.78 is 1.63. The molecule has 0 spiro atoms. The molecule has 0 radical (unpaired) electrons. The smallest absolute Gasteiger partial charge is 0.274 e. The van der Waals surface area contributed by atoms with Crippen molar-refractivity contribution >= 4 is 17.5 Å². The van der Waals surface area contributed by atoms with Crippen molar-refractivity contribution in [1.82, 2.24) is 39.8 Å². The van der Waals surface area contributed by atoms with Crippen LogP contribution in [0.1, 0.15) is 51.0 Å². The van der Waals surface area contributed by atoms with E-state index in [1.54, 1.807) is 29.3 Å². The second kappa shape index (κ2) is 10.8. The van der Waals surface area contributed by atoms with Crippen molar-refractivity contribution in [2.45, 2.75) is 25.3 Å². The van der Waals surface area contributed by atoms with Crippen LogP contribution in [0, 0.1) is 0 Å². The van der Waals surface area contributed by atoms with Gasteiger partial charge in [0.25, 0.3) is 11.8 Å². The topological polar surface area (TPSA) is 118 Å². The van der Waals surface area contributed by atoms with Crippen LogP contribution in [-0.2, 0) is 6.54 Å². The van der Waals surface area contributed by atoms with Gasteiger partial charge in [-0.25, -0.2) is 14.5 Å². The van der Waals surface area contributed by atoms with Crippen LogP contribution in [0.2, 0.25) is 0 Å². The fourth-order valence-electron chi connectivity index (χ4n) is 4.85. The zero-order chi connectivity index (χ0) is 26.6. The van der Waals surface area contributed by atoms with E-state index in [-0.39, 0.29) is 23.4 Å². The molecular weight excluding hydrogens is 492 g/mol. The normalized spacial score (nSPS) is 13.9. The maximum atomic E-state index is 13.7. The van der Waals surface area contributed by atoms with Gasteiger partial charge in [0.15, 0.2) is 11.3 Å². The summed E-state index contributed by atoms with van der Waals surface area (Å²) in [5.74, 6) is -0.220. The van der Waals surface area contributed by atoms with Crippen LogP contribution in [0.5, 0.6) is 0 Å². The average Bonchev–Trinajstić information content (AvgIpc) is 3.40. The molecule has 39 heavy (non-hydrogen) atoms. The third-order valence-corrected chi connectivity index (χ3v) is 6.92. The largest absolute Gasteiger partial charge is 0.347 e. The van der Waals surface area contributed by atoms with Gasteiger partial charge in [-0.3, -0.25) is 19.6 Å². The van der Waals surface area contributed by atoms with Crippen molar-refractivity contribution in [3.8, 4) is 11.3 Å². The van der Waals surface area contributed by atoms with E-state index in [0.717, 1.165) is 29.7 Å². The van der Waals surface area contributed by atoms with Gasteiger partial charge in [-0.1, -0.05) is 36.4 Å². The zero-order valence-corrected chi connectivity index (χ0v) is 21.1. The van der Waals surface area contributed by atoms with E-state index >= 15 is 0 Å². The highest BCUT2D eigenvalue weighted by Gasteiger charge is 2.30. The van der Waals surface area contributed by atoms with Crippen LogP contribution in [0.3, 0.4) is 0 Å². The van der Waals surface area contributed by atoms with Crippen LogP contribution in [0.25, 0.3) is 16.9 Å². The summed E-state index contributed by atoms with van der Waals surface area (Å²) >= 11 is 0. The average molecular weight is 519 g/mol. The number of likely N-dealkylation sites (tertiary alicyclic amines) is 1. The summed E-state index contributed by atoms with van der Waals surface area (Å²) in [6, 6.07) is 17.1. The number of nitrogens with one attached hydrogen (secondary N) is 1. The summed E-state index contributed by atoms with van der Waals surface area (Å²) in [6.45, 7) is 1.52. The molecule has 194 valence electrons. The number of rotatable bonds is 6. The van der Waals surface area contributed by atoms with E-state index in [0.29, 0.717) is 36.7 Å². The van der Waals surface area contributed by atoms with Gasteiger partial charge in [0.05, 0.1) is 11.9 Å². The molecule has 0 saturated carbocycles. The van der Waals surface area contributed by atoms with Crippen LogP contribution in [0.4, 0.5) is 0 Å². The molecule has 2 amide bonds. The number of hydrogen-bond acceptors (Lipinski definition) is 7. The second-order valence-corrected chi connectivity index (χ2v) is 9.41. The number of fused-ring (bicyclic) bond motifs is 1. The third kappa shape index (κ3) is 5.08. The Kier molecular flexibility index (Phi) is 6.73. The Balaban J connectivity index is 1.12. The first kappa shape index (κ1) is 24.4. The molecule has 1 aliphatic heterocycles. The third-order valence-electron chi connectivity index (χ3n) is 6.92. The summed E-state index contributed by atoms with van der Waals surface area (Å²) in [5, 5.41) is 7.25. The summed E-state index contributed by atoms with van der Waals surface area (Å²) in [6.07, 6.45) is 9.74. The predicted molar refractivity (Wildman–Crippen MR) is 144 cm³/mol. The van der Waals surface area contributed by atoms with E-state index in [9.17, 15) is 9.59 Å². The van der Waals surface area contributed by atoms with Gasteiger partial charge in [0.2, 0.25) is 0 Å². The Bertz CT molecular complexity index is 1600. The Labute approximate surface area is 224 Å². The highest BCUT2D eigenvalue weighted by molar-refractivity contribution is 5.99. The molecule has 1 aromatic carbocycles. The monoisotopic (exact) mass is 518 g/mol. The standard InChI is InChI=1S/C29H26N8O2/c38-28(33-17-20-6-4-12-30-16-20)24-19-31-23(18-32-24)21-10-14-36(15-11-21)29(39)27-26(22-7-2-1-3-8-22)35-25-9-5-13-34-37(25)27/h1-9,12-13,16,18-19,21H,10-11,14-15,17H2,(H,33,38). The van der Waals surface area contributed by atoms with Crippen molar-refractivity contribution in [3.05, 3.63) is 108 Å². The van der Waals surface area contributed by atoms with E-state index in [1.165, 1.54) is 6.20 Å². The highest BCUT2D eigenvalue weighted by atomic mass is 16.2.